The van der Waals surface area contributed by atoms with Gasteiger partial charge in [0.25, 0.3) is 0 Å². The van der Waals surface area contributed by atoms with Crippen LogP contribution in [0.4, 0.5) is 0 Å². The van der Waals surface area contributed by atoms with Gasteiger partial charge in [0.1, 0.15) is 5.75 Å². The fraction of sp³-hybridized carbons (Fsp3) is 0.154. The van der Waals surface area contributed by atoms with Crippen LogP contribution in [0.5, 0.6) is 5.75 Å². The molecule has 0 bridgehead atoms. The van der Waals surface area contributed by atoms with Crippen LogP contribution in [0, 0.1) is 0 Å². The Labute approximate surface area is 94.8 Å². The number of hydrogen-bond acceptors (Lipinski definition) is 2. The van der Waals surface area contributed by atoms with Crippen LogP contribution in [-0.2, 0) is 6.54 Å². The van der Waals surface area contributed by atoms with Gasteiger partial charge in [-0.3, -0.25) is 4.99 Å². The number of nitrogens with zero attached hydrogens (tertiary/aromatic N) is 1. The normalized spacial score (nSPS) is 10.8. The number of aliphatic imine (C=N–C) groups is 1. The summed E-state index contributed by atoms with van der Waals surface area (Å²) >= 11 is 0. The molecule has 3 heteroatoms. The van der Waals surface area contributed by atoms with Crippen molar-refractivity contribution in [3.8, 4) is 5.75 Å². The highest BCUT2D eigenvalue weighted by atomic mass is 16.5. The third-order valence-corrected chi connectivity index (χ3v) is 2.31. The van der Waals surface area contributed by atoms with Crippen LogP contribution in [0.1, 0.15) is 11.3 Å². The molecule has 0 saturated heterocycles. The Bertz CT molecular complexity index is 461. The maximum Gasteiger partial charge on any atom is 0.123 e. The Kier molecular flexibility index (Phi) is 3.38. The molecule has 82 valence electrons. The minimum atomic E-state index is 0.628. The van der Waals surface area contributed by atoms with Crippen molar-refractivity contribution in [2.75, 3.05) is 7.11 Å². The number of para-hydroxylation sites is 1. The van der Waals surface area contributed by atoms with Crippen LogP contribution >= 0.6 is 0 Å². The average Bonchev–Trinajstić information content (AvgIpc) is 2.83. The van der Waals surface area contributed by atoms with E-state index in [1.54, 1.807) is 7.11 Å². The molecule has 0 amide bonds. The molecule has 0 spiro atoms. The molecule has 2 rings (SSSR count). The van der Waals surface area contributed by atoms with E-state index in [2.05, 4.69) is 9.98 Å². The van der Waals surface area contributed by atoms with E-state index >= 15 is 0 Å². The van der Waals surface area contributed by atoms with Crippen molar-refractivity contribution in [2.24, 2.45) is 4.99 Å². The predicted octanol–water partition coefficient (Wildman–Crippen LogP) is 2.64. The summed E-state index contributed by atoms with van der Waals surface area (Å²) in [7, 11) is 1.67. The lowest BCUT2D eigenvalue weighted by molar-refractivity contribution is 0.410. The van der Waals surface area contributed by atoms with Crippen LogP contribution in [0.25, 0.3) is 0 Å². The molecule has 0 atom stereocenters. The molecule has 0 aliphatic heterocycles. The number of benzene rings is 1. The number of ether oxygens (including phenoxy) is 1. The number of methoxy groups -OCH3 is 1. The monoisotopic (exact) mass is 214 g/mol. The van der Waals surface area contributed by atoms with E-state index in [4.69, 9.17) is 4.74 Å². The maximum atomic E-state index is 5.25. The molecule has 1 N–H and O–H groups in total. The van der Waals surface area contributed by atoms with Crippen LogP contribution < -0.4 is 4.74 Å². The lowest BCUT2D eigenvalue weighted by Gasteiger charge is -2.04. The SMILES string of the molecule is COc1ccccc1CN=Cc1ccc[nH]1. The molecule has 2 aromatic rings. The molecular weight excluding hydrogens is 200 g/mol. The van der Waals surface area contributed by atoms with Crippen molar-refractivity contribution >= 4 is 6.21 Å². The van der Waals surface area contributed by atoms with E-state index < -0.39 is 0 Å². The molecule has 1 heterocycles. The third kappa shape index (κ3) is 2.51. The first-order valence-corrected chi connectivity index (χ1v) is 5.15. The largest absolute Gasteiger partial charge is 0.496 e. The van der Waals surface area contributed by atoms with E-state index in [9.17, 15) is 0 Å². The summed E-state index contributed by atoms with van der Waals surface area (Å²) in [5.74, 6) is 0.881. The van der Waals surface area contributed by atoms with Gasteiger partial charge in [-0.2, -0.15) is 0 Å². The minimum Gasteiger partial charge on any atom is -0.496 e. The first kappa shape index (κ1) is 10.5. The smallest absolute Gasteiger partial charge is 0.123 e. The molecule has 1 aromatic heterocycles. The fourth-order valence-corrected chi connectivity index (χ4v) is 1.50. The quantitative estimate of drug-likeness (QED) is 0.780. The lowest BCUT2D eigenvalue weighted by Crippen LogP contribution is -1.90. The van der Waals surface area contributed by atoms with Gasteiger partial charge < -0.3 is 9.72 Å². The van der Waals surface area contributed by atoms with Crippen LogP contribution in [0.2, 0.25) is 0 Å². The van der Waals surface area contributed by atoms with Gasteiger partial charge in [0.05, 0.1) is 19.3 Å². The van der Waals surface area contributed by atoms with E-state index in [1.807, 2.05) is 48.8 Å². The van der Waals surface area contributed by atoms with Gasteiger partial charge in [-0.15, -0.1) is 0 Å². The van der Waals surface area contributed by atoms with E-state index in [0.717, 1.165) is 17.0 Å². The second-order valence-electron chi connectivity index (χ2n) is 3.41. The van der Waals surface area contributed by atoms with Gasteiger partial charge in [0, 0.05) is 18.0 Å². The van der Waals surface area contributed by atoms with E-state index in [-0.39, 0.29) is 0 Å². The van der Waals surface area contributed by atoms with Gasteiger partial charge in [-0.05, 0) is 18.2 Å². The van der Waals surface area contributed by atoms with Crippen molar-refractivity contribution in [1.82, 2.24) is 4.98 Å². The molecule has 0 aliphatic carbocycles. The highest BCUT2D eigenvalue weighted by Crippen LogP contribution is 2.17. The number of nitrogens with one attached hydrogen (secondary N) is 1. The average molecular weight is 214 g/mol. The van der Waals surface area contributed by atoms with Crippen LogP contribution in [0.3, 0.4) is 0 Å². The Morgan fingerprint density at radius 1 is 1.25 bits per heavy atom. The lowest BCUT2D eigenvalue weighted by atomic mass is 10.2. The second kappa shape index (κ2) is 5.16. The Balaban J connectivity index is 2.04. The fourth-order valence-electron chi connectivity index (χ4n) is 1.50. The van der Waals surface area contributed by atoms with Crippen molar-refractivity contribution in [3.63, 3.8) is 0 Å². The summed E-state index contributed by atoms with van der Waals surface area (Å²) in [6.45, 7) is 0.628. The zero-order valence-corrected chi connectivity index (χ0v) is 9.18. The zero-order valence-electron chi connectivity index (χ0n) is 9.18. The van der Waals surface area contributed by atoms with Crippen molar-refractivity contribution in [1.29, 1.82) is 0 Å². The first-order valence-electron chi connectivity index (χ1n) is 5.15. The second-order valence-corrected chi connectivity index (χ2v) is 3.41. The summed E-state index contributed by atoms with van der Waals surface area (Å²) in [6, 6.07) is 11.8. The van der Waals surface area contributed by atoms with E-state index in [1.165, 1.54) is 0 Å². The number of H-pyrrole nitrogens is 1. The highest BCUT2D eigenvalue weighted by Gasteiger charge is 1.98. The van der Waals surface area contributed by atoms with E-state index in [0.29, 0.717) is 6.54 Å². The summed E-state index contributed by atoms with van der Waals surface area (Å²) < 4.78 is 5.25. The number of aromatic nitrogens is 1. The molecule has 0 aliphatic rings. The molecule has 3 nitrogen and oxygen atoms in total. The molecule has 0 unspecified atom stereocenters. The molecule has 0 saturated carbocycles. The summed E-state index contributed by atoms with van der Waals surface area (Å²) in [4.78, 5) is 7.43. The highest BCUT2D eigenvalue weighted by molar-refractivity contribution is 5.76. The molecular formula is C13H14N2O. The Hall–Kier alpha value is -2.03. The first-order chi connectivity index (χ1) is 7.90. The van der Waals surface area contributed by atoms with Crippen molar-refractivity contribution < 1.29 is 4.74 Å². The van der Waals surface area contributed by atoms with Crippen molar-refractivity contribution in [3.05, 3.63) is 53.9 Å². The standard InChI is InChI=1S/C13H14N2O/c1-16-13-7-3-2-5-11(13)9-14-10-12-6-4-8-15-12/h2-8,10,15H,9H2,1H3. The molecule has 1 aromatic carbocycles. The molecule has 16 heavy (non-hydrogen) atoms. The maximum absolute atomic E-state index is 5.25. The van der Waals surface area contributed by atoms with Gasteiger partial charge >= 0.3 is 0 Å². The third-order valence-electron chi connectivity index (χ3n) is 2.31. The van der Waals surface area contributed by atoms with Crippen LogP contribution in [-0.4, -0.2) is 18.3 Å². The van der Waals surface area contributed by atoms with Gasteiger partial charge in [-0.25, -0.2) is 0 Å². The van der Waals surface area contributed by atoms with Gasteiger partial charge in [-0.1, -0.05) is 18.2 Å². The Morgan fingerprint density at radius 2 is 2.12 bits per heavy atom. The molecule has 0 fully saturated rings. The van der Waals surface area contributed by atoms with Gasteiger partial charge in [0.15, 0.2) is 0 Å². The van der Waals surface area contributed by atoms with Crippen LogP contribution in [0.15, 0.2) is 47.6 Å². The topological polar surface area (TPSA) is 37.4 Å². The predicted molar refractivity (Wildman–Crippen MR) is 65.1 cm³/mol. The zero-order chi connectivity index (χ0) is 11.2. The Morgan fingerprint density at radius 3 is 2.88 bits per heavy atom. The number of aromatic amines is 1. The van der Waals surface area contributed by atoms with Crippen molar-refractivity contribution in [2.45, 2.75) is 6.54 Å². The summed E-state index contributed by atoms with van der Waals surface area (Å²) in [6.07, 6.45) is 3.71. The minimum absolute atomic E-state index is 0.628. The molecule has 0 radical (unpaired) electrons. The summed E-state index contributed by atoms with van der Waals surface area (Å²) in [5, 5.41) is 0. The van der Waals surface area contributed by atoms with Gasteiger partial charge in [0.2, 0.25) is 0 Å². The number of hydrogen-bond donors (Lipinski definition) is 1. The summed E-state index contributed by atoms with van der Waals surface area (Å²) in [5.41, 5.74) is 2.10. The number of rotatable bonds is 4.